The van der Waals surface area contributed by atoms with Gasteiger partial charge in [-0.2, -0.15) is 0 Å². The van der Waals surface area contributed by atoms with Crippen LogP contribution in [0.4, 0.5) is 0 Å². The highest BCUT2D eigenvalue weighted by Crippen LogP contribution is 2.07. The zero-order valence-corrected chi connectivity index (χ0v) is 16.4. The first-order valence-corrected chi connectivity index (χ1v) is 10.3. The molecule has 0 aromatic heterocycles. The van der Waals surface area contributed by atoms with Crippen LogP contribution in [0.1, 0.15) is 83.5 Å². The third kappa shape index (κ3) is 22.4. The zero-order chi connectivity index (χ0) is 18.3. The van der Waals surface area contributed by atoms with Crippen molar-refractivity contribution < 1.29 is 0 Å². The average Bonchev–Trinajstić information content (AvgIpc) is 2.63. The molecule has 0 atom stereocenters. The quantitative estimate of drug-likeness (QED) is 0.133. The van der Waals surface area contributed by atoms with Gasteiger partial charge < -0.3 is 0 Å². The highest BCUT2D eigenvalue weighted by Gasteiger charge is 1.88. The lowest BCUT2D eigenvalue weighted by Crippen LogP contribution is -1.77. The molecule has 0 heteroatoms. The summed E-state index contributed by atoms with van der Waals surface area (Å²) in [5.74, 6) is 0. The third-order valence-electron chi connectivity index (χ3n) is 4.07. The molecule has 0 nitrogen and oxygen atoms in total. The van der Waals surface area contributed by atoms with Crippen LogP contribution in [-0.4, -0.2) is 0 Å². The SMILES string of the molecule is C=CCCCC=CC=CCCCC=CC=CCCCCCCCC=C. The Labute approximate surface area is 157 Å². The van der Waals surface area contributed by atoms with Crippen molar-refractivity contribution in [1.82, 2.24) is 0 Å². The van der Waals surface area contributed by atoms with Gasteiger partial charge in [0.25, 0.3) is 0 Å². The molecule has 0 saturated carbocycles. The molecule has 0 aromatic rings. The lowest BCUT2D eigenvalue weighted by Gasteiger charge is -1.97. The summed E-state index contributed by atoms with van der Waals surface area (Å²) in [5.41, 5.74) is 0. The van der Waals surface area contributed by atoms with Crippen LogP contribution in [0, 0.1) is 0 Å². The second kappa shape index (κ2) is 22.4. The summed E-state index contributed by atoms with van der Waals surface area (Å²) in [6.07, 6.45) is 38.0. The minimum Gasteiger partial charge on any atom is -0.103 e. The molecular formula is C25H40. The van der Waals surface area contributed by atoms with Crippen molar-refractivity contribution >= 4 is 0 Å². The summed E-state index contributed by atoms with van der Waals surface area (Å²) in [6.45, 7) is 7.49. The van der Waals surface area contributed by atoms with E-state index in [-0.39, 0.29) is 0 Å². The maximum atomic E-state index is 3.76. The van der Waals surface area contributed by atoms with E-state index in [0.717, 1.165) is 19.3 Å². The standard InChI is InChI=1S/C25H40/c1-3-5-7-9-11-13-15-17-19-21-23-25-24-22-20-18-16-14-12-10-8-6-4-2/h3-4,11,13,15,17,20,22,24-25H,1-2,5-10,12,14,16,18-19,21,23H2. The van der Waals surface area contributed by atoms with Gasteiger partial charge in [-0.3, -0.25) is 0 Å². The van der Waals surface area contributed by atoms with Gasteiger partial charge in [-0.15, -0.1) is 13.2 Å². The fourth-order valence-corrected chi connectivity index (χ4v) is 2.51. The Balaban J connectivity index is 3.33. The van der Waals surface area contributed by atoms with Gasteiger partial charge in [-0.05, 0) is 64.2 Å². The molecule has 0 radical (unpaired) electrons. The molecule has 0 aliphatic carbocycles. The van der Waals surface area contributed by atoms with Crippen LogP contribution in [0.5, 0.6) is 0 Å². The molecule has 0 rings (SSSR count). The molecule has 140 valence electrons. The summed E-state index contributed by atoms with van der Waals surface area (Å²) in [6, 6.07) is 0. The van der Waals surface area contributed by atoms with E-state index >= 15 is 0 Å². The number of hydrogen-bond donors (Lipinski definition) is 0. The predicted molar refractivity (Wildman–Crippen MR) is 117 cm³/mol. The summed E-state index contributed by atoms with van der Waals surface area (Å²) >= 11 is 0. The van der Waals surface area contributed by atoms with Crippen LogP contribution in [-0.2, 0) is 0 Å². The Morgan fingerprint density at radius 2 is 0.680 bits per heavy atom. The second-order valence-corrected chi connectivity index (χ2v) is 6.50. The fraction of sp³-hybridized carbons (Fsp3) is 0.520. The topological polar surface area (TPSA) is 0 Å². The van der Waals surface area contributed by atoms with Gasteiger partial charge in [0.05, 0.1) is 0 Å². The van der Waals surface area contributed by atoms with Gasteiger partial charge in [0.15, 0.2) is 0 Å². The van der Waals surface area contributed by atoms with Gasteiger partial charge in [0.1, 0.15) is 0 Å². The molecule has 0 fully saturated rings. The van der Waals surface area contributed by atoms with Crippen LogP contribution in [0.25, 0.3) is 0 Å². The van der Waals surface area contributed by atoms with Crippen molar-refractivity contribution in [1.29, 1.82) is 0 Å². The van der Waals surface area contributed by atoms with Gasteiger partial charge in [-0.25, -0.2) is 0 Å². The predicted octanol–water partition coefficient (Wildman–Crippen LogP) is 8.65. The molecule has 0 saturated heterocycles. The Morgan fingerprint density at radius 3 is 1.16 bits per heavy atom. The van der Waals surface area contributed by atoms with E-state index in [1.807, 2.05) is 12.2 Å². The van der Waals surface area contributed by atoms with E-state index in [2.05, 4.69) is 61.8 Å². The fourth-order valence-electron chi connectivity index (χ4n) is 2.51. The molecule has 0 aliphatic heterocycles. The molecule has 0 amide bonds. The maximum Gasteiger partial charge on any atom is -0.0345 e. The third-order valence-corrected chi connectivity index (χ3v) is 4.07. The van der Waals surface area contributed by atoms with Crippen LogP contribution in [0.3, 0.4) is 0 Å². The first kappa shape index (κ1) is 23.4. The number of unbranched alkanes of at least 4 members (excludes halogenated alkanes) is 10. The van der Waals surface area contributed by atoms with Crippen molar-refractivity contribution in [2.24, 2.45) is 0 Å². The van der Waals surface area contributed by atoms with Crippen LogP contribution >= 0.6 is 0 Å². The Hall–Kier alpha value is -1.56. The minimum atomic E-state index is 1.12. The summed E-state index contributed by atoms with van der Waals surface area (Å²) in [5, 5.41) is 0. The van der Waals surface area contributed by atoms with Crippen LogP contribution in [0.15, 0.2) is 73.9 Å². The molecule has 0 heterocycles. The van der Waals surface area contributed by atoms with E-state index in [0.29, 0.717) is 0 Å². The molecule has 0 N–H and O–H groups in total. The van der Waals surface area contributed by atoms with E-state index in [4.69, 9.17) is 0 Å². The van der Waals surface area contributed by atoms with Gasteiger partial charge >= 0.3 is 0 Å². The minimum absolute atomic E-state index is 1.12. The van der Waals surface area contributed by atoms with E-state index in [9.17, 15) is 0 Å². The Morgan fingerprint density at radius 1 is 0.360 bits per heavy atom. The number of rotatable bonds is 18. The average molecular weight is 341 g/mol. The van der Waals surface area contributed by atoms with E-state index in [1.54, 1.807) is 0 Å². The summed E-state index contributed by atoms with van der Waals surface area (Å²) in [7, 11) is 0. The normalized spacial score (nSPS) is 12.2. The highest BCUT2D eigenvalue weighted by atomic mass is 13.9. The Bertz CT molecular complexity index is 392. The van der Waals surface area contributed by atoms with Crippen molar-refractivity contribution in [2.45, 2.75) is 83.5 Å². The van der Waals surface area contributed by atoms with E-state index < -0.39 is 0 Å². The van der Waals surface area contributed by atoms with E-state index in [1.165, 1.54) is 64.2 Å². The van der Waals surface area contributed by atoms with Crippen molar-refractivity contribution in [3.63, 3.8) is 0 Å². The molecule has 0 spiro atoms. The smallest absolute Gasteiger partial charge is 0.0345 e. The van der Waals surface area contributed by atoms with Crippen LogP contribution < -0.4 is 0 Å². The van der Waals surface area contributed by atoms with Crippen LogP contribution in [0.2, 0.25) is 0 Å². The first-order valence-electron chi connectivity index (χ1n) is 10.3. The largest absolute Gasteiger partial charge is 0.103 e. The Kier molecular flexibility index (Phi) is 21.0. The molecule has 0 aromatic carbocycles. The van der Waals surface area contributed by atoms with Crippen molar-refractivity contribution in [2.75, 3.05) is 0 Å². The number of hydrogen-bond acceptors (Lipinski definition) is 0. The van der Waals surface area contributed by atoms with Gasteiger partial charge in [-0.1, -0.05) is 80.0 Å². The van der Waals surface area contributed by atoms with Gasteiger partial charge in [0.2, 0.25) is 0 Å². The first-order chi connectivity index (χ1) is 12.4. The van der Waals surface area contributed by atoms with Gasteiger partial charge in [0, 0.05) is 0 Å². The zero-order valence-electron chi connectivity index (χ0n) is 16.4. The summed E-state index contributed by atoms with van der Waals surface area (Å²) in [4.78, 5) is 0. The number of allylic oxidation sites excluding steroid dienone is 10. The van der Waals surface area contributed by atoms with Crippen molar-refractivity contribution in [3.05, 3.63) is 73.9 Å². The highest BCUT2D eigenvalue weighted by molar-refractivity contribution is 5.04. The molecule has 0 bridgehead atoms. The second-order valence-electron chi connectivity index (χ2n) is 6.50. The summed E-state index contributed by atoms with van der Waals surface area (Å²) < 4.78 is 0. The monoisotopic (exact) mass is 340 g/mol. The molecular weight excluding hydrogens is 300 g/mol. The lowest BCUT2D eigenvalue weighted by molar-refractivity contribution is 0.622. The molecule has 0 unspecified atom stereocenters. The molecule has 0 aliphatic rings. The molecule has 25 heavy (non-hydrogen) atoms. The lowest BCUT2D eigenvalue weighted by atomic mass is 10.1. The van der Waals surface area contributed by atoms with Crippen molar-refractivity contribution in [3.8, 4) is 0 Å². The maximum absolute atomic E-state index is 3.76.